The third-order valence-corrected chi connectivity index (χ3v) is 5.94. The smallest absolute Gasteiger partial charge is 0.393 e. The maximum Gasteiger partial charge on any atom is 0.434 e. The lowest BCUT2D eigenvalue weighted by Crippen LogP contribution is -2.24. The van der Waals surface area contributed by atoms with Gasteiger partial charge in [-0.05, 0) is 42.7 Å². The van der Waals surface area contributed by atoms with Gasteiger partial charge in [-0.2, -0.15) is 0 Å². The van der Waals surface area contributed by atoms with E-state index in [1.807, 2.05) is 24.3 Å². The summed E-state index contributed by atoms with van der Waals surface area (Å²) in [4.78, 5) is 10.9. The Morgan fingerprint density at radius 2 is 2.13 bits per heavy atom. The SMILES string of the molecule is CS(=O)(=O)C1C[C@H](CCCc2n[nH]c(=O)o2)Cc2ccccc21. The van der Waals surface area contributed by atoms with Crippen LogP contribution >= 0.6 is 0 Å². The molecule has 1 N–H and O–H groups in total. The maximum atomic E-state index is 12.1. The first-order valence-corrected chi connectivity index (χ1v) is 9.70. The molecule has 0 saturated carbocycles. The fraction of sp³-hybridized carbons (Fsp3) is 0.500. The Kier molecular flexibility index (Phi) is 4.39. The zero-order valence-corrected chi connectivity index (χ0v) is 13.8. The standard InChI is InChI=1S/C16H20N2O4S/c1-23(20,21)14-10-11(9-12-6-2-3-7-13(12)14)5-4-8-15-17-18-16(19)22-15/h2-3,6-7,11,14H,4-5,8-10H2,1H3,(H,18,19)/t11-,14?/m1/s1. The Morgan fingerprint density at radius 3 is 2.83 bits per heavy atom. The number of sulfone groups is 1. The summed E-state index contributed by atoms with van der Waals surface area (Å²) < 4.78 is 29.1. The molecule has 2 atom stereocenters. The number of hydrogen-bond donors (Lipinski definition) is 1. The molecule has 0 spiro atoms. The van der Waals surface area contributed by atoms with Crippen LogP contribution in [0.15, 0.2) is 33.5 Å². The first kappa shape index (κ1) is 16.0. The van der Waals surface area contributed by atoms with Crippen molar-refractivity contribution in [1.29, 1.82) is 0 Å². The van der Waals surface area contributed by atoms with E-state index < -0.39 is 20.8 Å². The van der Waals surface area contributed by atoms with Gasteiger partial charge in [-0.15, -0.1) is 5.10 Å². The van der Waals surface area contributed by atoms with Gasteiger partial charge in [0.2, 0.25) is 5.89 Å². The van der Waals surface area contributed by atoms with Gasteiger partial charge in [0.1, 0.15) is 0 Å². The van der Waals surface area contributed by atoms with E-state index in [0.717, 1.165) is 30.4 Å². The highest BCUT2D eigenvalue weighted by atomic mass is 32.2. The Hall–Kier alpha value is -1.89. The van der Waals surface area contributed by atoms with Gasteiger partial charge >= 0.3 is 5.76 Å². The quantitative estimate of drug-likeness (QED) is 0.902. The Bertz CT molecular complexity index is 838. The summed E-state index contributed by atoms with van der Waals surface area (Å²) in [6, 6.07) is 7.80. The Morgan fingerprint density at radius 1 is 1.35 bits per heavy atom. The number of fused-ring (bicyclic) bond motifs is 1. The summed E-state index contributed by atoms with van der Waals surface area (Å²) in [7, 11) is -3.12. The second-order valence-corrected chi connectivity index (χ2v) is 8.45. The fourth-order valence-electron chi connectivity index (χ4n) is 3.39. The molecule has 1 aromatic heterocycles. The van der Waals surface area contributed by atoms with Crippen LogP contribution < -0.4 is 5.76 Å². The number of rotatable bonds is 5. The number of H-pyrrole nitrogens is 1. The molecule has 124 valence electrons. The molecular weight excluding hydrogens is 316 g/mol. The van der Waals surface area contributed by atoms with E-state index >= 15 is 0 Å². The molecule has 1 aliphatic carbocycles. The largest absolute Gasteiger partial charge is 0.434 e. The Labute approximate surface area is 134 Å². The van der Waals surface area contributed by atoms with Crippen molar-refractivity contribution in [3.8, 4) is 0 Å². The van der Waals surface area contributed by atoms with Gasteiger partial charge in [0.15, 0.2) is 9.84 Å². The number of aromatic amines is 1. The second kappa shape index (κ2) is 6.31. The molecule has 1 unspecified atom stereocenters. The third kappa shape index (κ3) is 3.72. The monoisotopic (exact) mass is 336 g/mol. The maximum absolute atomic E-state index is 12.1. The number of aryl methyl sites for hydroxylation is 1. The molecule has 3 rings (SSSR count). The van der Waals surface area contributed by atoms with Crippen LogP contribution in [0, 0.1) is 5.92 Å². The lowest BCUT2D eigenvalue weighted by atomic mass is 9.81. The van der Waals surface area contributed by atoms with Gasteiger partial charge in [-0.1, -0.05) is 24.3 Å². The van der Waals surface area contributed by atoms with E-state index in [2.05, 4.69) is 10.2 Å². The summed E-state index contributed by atoms with van der Waals surface area (Å²) in [6.45, 7) is 0. The van der Waals surface area contributed by atoms with Gasteiger partial charge in [0, 0.05) is 12.7 Å². The number of benzene rings is 1. The van der Waals surface area contributed by atoms with Gasteiger partial charge in [-0.25, -0.2) is 18.3 Å². The van der Waals surface area contributed by atoms with Gasteiger partial charge < -0.3 is 4.42 Å². The number of nitrogens with one attached hydrogen (secondary N) is 1. The van der Waals surface area contributed by atoms with Crippen molar-refractivity contribution in [2.75, 3.05) is 6.26 Å². The fourth-order valence-corrected chi connectivity index (χ4v) is 4.71. The molecule has 0 bridgehead atoms. The van der Waals surface area contributed by atoms with Crippen molar-refractivity contribution >= 4 is 9.84 Å². The molecular formula is C16H20N2O4S. The molecule has 7 heteroatoms. The highest BCUT2D eigenvalue weighted by Gasteiger charge is 2.32. The van der Waals surface area contributed by atoms with E-state index in [9.17, 15) is 13.2 Å². The van der Waals surface area contributed by atoms with Crippen molar-refractivity contribution in [2.24, 2.45) is 5.92 Å². The van der Waals surface area contributed by atoms with Crippen LogP contribution in [0.25, 0.3) is 0 Å². The predicted molar refractivity (Wildman–Crippen MR) is 85.9 cm³/mol. The molecule has 1 aliphatic rings. The summed E-state index contributed by atoms with van der Waals surface area (Å²) in [5.41, 5.74) is 2.08. The van der Waals surface area contributed by atoms with Crippen LogP contribution in [0.2, 0.25) is 0 Å². The van der Waals surface area contributed by atoms with Crippen LogP contribution in [-0.2, 0) is 22.7 Å². The van der Waals surface area contributed by atoms with Crippen molar-refractivity contribution in [2.45, 2.75) is 37.4 Å². The molecule has 6 nitrogen and oxygen atoms in total. The van der Waals surface area contributed by atoms with Gasteiger partial charge in [0.05, 0.1) is 5.25 Å². The lowest BCUT2D eigenvalue weighted by Gasteiger charge is -2.30. The second-order valence-electron chi connectivity index (χ2n) is 6.22. The molecule has 2 aromatic rings. The van der Waals surface area contributed by atoms with Crippen molar-refractivity contribution < 1.29 is 12.8 Å². The van der Waals surface area contributed by atoms with Crippen LogP contribution in [0.1, 0.15) is 41.5 Å². The first-order chi connectivity index (χ1) is 10.9. The number of nitrogens with zero attached hydrogens (tertiary/aromatic N) is 1. The Balaban J connectivity index is 1.69. The highest BCUT2D eigenvalue weighted by Crippen LogP contribution is 2.39. The molecule has 0 amide bonds. The summed E-state index contributed by atoms with van der Waals surface area (Å²) in [5.74, 6) is 0.185. The normalized spacial score (nSPS) is 21.1. The average molecular weight is 336 g/mol. The highest BCUT2D eigenvalue weighted by molar-refractivity contribution is 7.90. The number of aromatic nitrogens is 2. The van der Waals surface area contributed by atoms with E-state index in [4.69, 9.17) is 4.42 Å². The molecule has 1 heterocycles. The first-order valence-electron chi connectivity index (χ1n) is 7.74. The van der Waals surface area contributed by atoms with Crippen LogP contribution in [-0.4, -0.2) is 24.9 Å². The van der Waals surface area contributed by atoms with E-state index in [0.29, 0.717) is 24.7 Å². The zero-order chi connectivity index (χ0) is 16.4. The van der Waals surface area contributed by atoms with Crippen molar-refractivity contribution in [1.82, 2.24) is 10.2 Å². The molecule has 1 aromatic carbocycles. The van der Waals surface area contributed by atoms with Gasteiger partial charge in [0.25, 0.3) is 0 Å². The van der Waals surface area contributed by atoms with E-state index in [1.54, 1.807) is 0 Å². The van der Waals surface area contributed by atoms with Gasteiger partial charge in [-0.3, -0.25) is 0 Å². The minimum absolute atomic E-state index is 0.315. The van der Waals surface area contributed by atoms with E-state index in [-0.39, 0.29) is 0 Å². The lowest BCUT2D eigenvalue weighted by molar-refractivity contribution is 0.387. The summed E-state index contributed by atoms with van der Waals surface area (Å²) in [6.07, 6.45) is 5.15. The third-order valence-electron chi connectivity index (χ3n) is 4.46. The van der Waals surface area contributed by atoms with Crippen LogP contribution in [0.3, 0.4) is 0 Å². The molecule has 0 radical (unpaired) electrons. The van der Waals surface area contributed by atoms with Crippen molar-refractivity contribution in [3.63, 3.8) is 0 Å². The topological polar surface area (TPSA) is 93.0 Å². The van der Waals surface area contributed by atoms with E-state index in [1.165, 1.54) is 6.26 Å². The average Bonchev–Trinajstić information content (AvgIpc) is 2.91. The zero-order valence-electron chi connectivity index (χ0n) is 13.0. The molecule has 0 fully saturated rings. The minimum atomic E-state index is -3.12. The summed E-state index contributed by atoms with van der Waals surface area (Å²) >= 11 is 0. The minimum Gasteiger partial charge on any atom is -0.393 e. The van der Waals surface area contributed by atoms with Crippen molar-refractivity contribution in [3.05, 3.63) is 51.8 Å². The number of hydrogen-bond acceptors (Lipinski definition) is 5. The molecule has 23 heavy (non-hydrogen) atoms. The van der Waals surface area contributed by atoms with Crippen LogP contribution in [0.4, 0.5) is 0 Å². The molecule has 0 aliphatic heterocycles. The van der Waals surface area contributed by atoms with Crippen LogP contribution in [0.5, 0.6) is 0 Å². The molecule has 0 saturated heterocycles. The summed E-state index contributed by atoms with van der Waals surface area (Å²) in [5, 5.41) is 5.62. The predicted octanol–water partition coefficient (Wildman–Crippen LogP) is 2.03.